The van der Waals surface area contributed by atoms with Crippen LogP contribution in [0.4, 0.5) is 0 Å². The monoisotopic (exact) mass is 520 g/mol. The van der Waals surface area contributed by atoms with Crippen molar-refractivity contribution in [3.05, 3.63) is 23.3 Å². The van der Waals surface area contributed by atoms with Gasteiger partial charge in [-0.2, -0.15) is 10.1 Å². The van der Waals surface area contributed by atoms with E-state index in [0.29, 0.717) is 12.8 Å². The Labute approximate surface area is 222 Å². The molecule has 0 aromatic heterocycles. The van der Waals surface area contributed by atoms with Crippen molar-refractivity contribution in [1.82, 2.24) is 10.1 Å². The first-order valence-corrected chi connectivity index (χ1v) is 13.5. The van der Waals surface area contributed by atoms with E-state index in [9.17, 15) is 20.0 Å². The molecule has 2 saturated heterocycles. The summed E-state index contributed by atoms with van der Waals surface area (Å²) < 4.78 is 11.8. The molecular formula is C29H48N2O6. The summed E-state index contributed by atoms with van der Waals surface area (Å²) in [6, 6.07) is 0. The summed E-state index contributed by atoms with van der Waals surface area (Å²) >= 11 is 0. The lowest BCUT2D eigenvalue weighted by molar-refractivity contribution is -0.200. The topological polar surface area (TPSA) is 99.5 Å². The van der Waals surface area contributed by atoms with Crippen molar-refractivity contribution >= 4 is 11.9 Å². The molecule has 2 heterocycles. The molecule has 1 aliphatic carbocycles. The number of carbonyl (C=O) groups excluding carboxylic acids is 2. The number of esters is 2. The molecular weight excluding hydrogens is 472 g/mol. The largest absolute Gasteiger partial charge is 0.465 e. The molecule has 0 bridgehead atoms. The first kappa shape index (κ1) is 29.8. The second-order valence-electron chi connectivity index (χ2n) is 13.4. The van der Waals surface area contributed by atoms with Gasteiger partial charge in [0, 0.05) is 22.9 Å². The summed E-state index contributed by atoms with van der Waals surface area (Å²) in [6.07, 6.45) is 5.90. The van der Waals surface area contributed by atoms with Gasteiger partial charge in [-0.3, -0.25) is 9.59 Å². The second-order valence-corrected chi connectivity index (χ2v) is 13.4. The predicted octanol–water partition coefficient (Wildman–Crippen LogP) is 5.14. The average molecular weight is 521 g/mol. The van der Waals surface area contributed by atoms with Crippen LogP contribution in [-0.2, 0) is 19.1 Å². The van der Waals surface area contributed by atoms with Crippen LogP contribution in [0.2, 0.25) is 0 Å². The number of rotatable bonds is 6. The van der Waals surface area contributed by atoms with E-state index in [4.69, 9.17) is 9.47 Å². The minimum Gasteiger partial charge on any atom is -0.465 e. The van der Waals surface area contributed by atoms with Gasteiger partial charge in [-0.05, 0) is 88.5 Å². The van der Waals surface area contributed by atoms with E-state index in [1.165, 1.54) is 21.3 Å². The highest BCUT2D eigenvalue weighted by Crippen LogP contribution is 2.47. The maximum Gasteiger partial charge on any atom is 0.310 e. The lowest BCUT2D eigenvalue weighted by atomic mass is 9.86. The number of ether oxygens (including phenoxy) is 2. The molecule has 0 aromatic carbocycles. The summed E-state index contributed by atoms with van der Waals surface area (Å²) in [4.78, 5) is 26.4. The molecule has 8 nitrogen and oxygen atoms in total. The summed E-state index contributed by atoms with van der Waals surface area (Å²) in [6.45, 7) is 19.5. The third kappa shape index (κ3) is 5.27. The number of hydrogen-bond donors (Lipinski definition) is 2. The molecule has 0 radical (unpaired) electrons. The van der Waals surface area contributed by atoms with Gasteiger partial charge in [0.2, 0.25) is 0 Å². The first-order chi connectivity index (χ1) is 16.9. The predicted molar refractivity (Wildman–Crippen MR) is 141 cm³/mol. The zero-order valence-corrected chi connectivity index (χ0v) is 24.4. The van der Waals surface area contributed by atoms with Gasteiger partial charge in [-0.15, -0.1) is 0 Å². The lowest BCUT2D eigenvalue weighted by Gasteiger charge is -2.35. The van der Waals surface area contributed by atoms with Gasteiger partial charge in [0.15, 0.2) is 0 Å². The normalized spacial score (nSPS) is 34.8. The molecule has 3 aliphatic rings. The number of carbonyl (C=O) groups is 2. The summed E-state index contributed by atoms with van der Waals surface area (Å²) in [5, 5.41) is 23.8. The van der Waals surface area contributed by atoms with Crippen molar-refractivity contribution in [1.29, 1.82) is 0 Å². The Bertz CT molecular complexity index is 887. The van der Waals surface area contributed by atoms with Gasteiger partial charge in [0.25, 0.3) is 0 Å². The van der Waals surface area contributed by atoms with Crippen LogP contribution in [-0.4, -0.2) is 67.8 Å². The van der Waals surface area contributed by atoms with Crippen LogP contribution >= 0.6 is 0 Å². The number of hydrogen-bond acceptors (Lipinski definition) is 8. The molecule has 4 atom stereocenters. The summed E-state index contributed by atoms with van der Waals surface area (Å²) in [5.74, 6) is -1.69. The molecule has 210 valence electrons. The Morgan fingerprint density at radius 3 is 1.32 bits per heavy atom. The molecule has 2 N–H and O–H groups in total. The molecule has 0 amide bonds. The average Bonchev–Trinajstić information content (AvgIpc) is 3.31. The maximum atomic E-state index is 13.2. The quantitative estimate of drug-likeness (QED) is 0.367. The molecule has 0 aromatic rings. The van der Waals surface area contributed by atoms with Crippen LogP contribution in [0.15, 0.2) is 23.3 Å². The van der Waals surface area contributed by atoms with Gasteiger partial charge in [-0.25, -0.2) is 0 Å². The van der Waals surface area contributed by atoms with Crippen molar-refractivity contribution < 1.29 is 29.5 Å². The molecule has 4 unspecified atom stereocenters. The zero-order chi connectivity index (χ0) is 28.1. The minimum absolute atomic E-state index is 0.0851. The van der Waals surface area contributed by atoms with E-state index in [0.717, 1.165) is 6.42 Å². The van der Waals surface area contributed by atoms with E-state index >= 15 is 0 Å². The highest BCUT2D eigenvalue weighted by molar-refractivity contribution is 5.75. The standard InChI is InChI=1S/C29H48N2O6/c1-11-18-13-19(12-2)21(17-37-25(33)23-15-27(5,6)31(35)29(23,9)10)20(18)16-36-24(32)22-14-26(3,4)30(34)28(22,7)8/h11-12,20-23,34-35H,13-17H2,1-10H3/b18-11-,19-12-. The molecule has 3 fully saturated rings. The minimum atomic E-state index is -0.731. The van der Waals surface area contributed by atoms with Crippen molar-refractivity contribution in [3.8, 4) is 0 Å². The zero-order valence-electron chi connectivity index (χ0n) is 24.4. The molecule has 2 aliphatic heterocycles. The Kier molecular flexibility index (Phi) is 8.14. The molecule has 8 heteroatoms. The number of nitrogens with zero attached hydrogens (tertiary/aromatic N) is 2. The van der Waals surface area contributed by atoms with Crippen LogP contribution in [0, 0.1) is 23.7 Å². The van der Waals surface area contributed by atoms with Crippen molar-refractivity contribution in [2.45, 2.75) is 111 Å². The van der Waals surface area contributed by atoms with Crippen LogP contribution in [0.3, 0.4) is 0 Å². The molecule has 37 heavy (non-hydrogen) atoms. The second kappa shape index (κ2) is 10.1. The van der Waals surface area contributed by atoms with E-state index < -0.39 is 34.0 Å². The first-order valence-electron chi connectivity index (χ1n) is 13.5. The van der Waals surface area contributed by atoms with Crippen LogP contribution in [0.25, 0.3) is 0 Å². The van der Waals surface area contributed by atoms with Gasteiger partial charge >= 0.3 is 11.9 Å². The van der Waals surface area contributed by atoms with Gasteiger partial charge < -0.3 is 19.9 Å². The fraction of sp³-hybridized carbons (Fsp3) is 0.793. The summed E-state index contributed by atoms with van der Waals surface area (Å²) in [5.41, 5.74) is -0.161. The Balaban J connectivity index is 1.71. The third-order valence-corrected chi connectivity index (χ3v) is 9.32. The number of allylic oxidation sites excluding steroid dienone is 2. The van der Waals surface area contributed by atoms with E-state index in [-0.39, 0.29) is 37.0 Å². The Hall–Kier alpha value is -1.74. The fourth-order valence-electron chi connectivity index (χ4n) is 6.91. The molecule has 0 spiro atoms. The highest BCUT2D eigenvalue weighted by atomic mass is 16.5. The lowest BCUT2D eigenvalue weighted by Crippen LogP contribution is -2.48. The van der Waals surface area contributed by atoms with Gasteiger partial charge in [0.1, 0.15) is 0 Å². The van der Waals surface area contributed by atoms with E-state index in [1.807, 2.05) is 69.2 Å². The van der Waals surface area contributed by atoms with Crippen LogP contribution < -0.4 is 0 Å². The maximum absolute atomic E-state index is 13.2. The fourth-order valence-corrected chi connectivity index (χ4v) is 6.91. The van der Waals surface area contributed by atoms with Crippen molar-refractivity contribution in [2.24, 2.45) is 23.7 Å². The van der Waals surface area contributed by atoms with Crippen LogP contribution in [0.5, 0.6) is 0 Å². The van der Waals surface area contributed by atoms with Crippen molar-refractivity contribution in [2.75, 3.05) is 13.2 Å². The Morgan fingerprint density at radius 1 is 0.757 bits per heavy atom. The molecule has 3 rings (SSSR count). The SMILES string of the molecule is C/C=C1/C/C(=C/C)C(COC(=O)C2CC(C)(C)N(O)C2(C)C)C1COC(=O)C1CC(C)(C)N(O)C1(C)C. The van der Waals surface area contributed by atoms with Gasteiger partial charge in [-0.1, -0.05) is 23.3 Å². The number of hydroxylamine groups is 4. The van der Waals surface area contributed by atoms with E-state index in [2.05, 4.69) is 12.2 Å². The molecule has 1 saturated carbocycles. The van der Waals surface area contributed by atoms with Gasteiger partial charge in [0.05, 0.1) is 36.1 Å². The smallest absolute Gasteiger partial charge is 0.310 e. The van der Waals surface area contributed by atoms with E-state index in [1.54, 1.807) is 0 Å². The Morgan fingerprint density at radius 2 is 1.08 bits per heavy atom. The van der Waals surface area contributed by atoms with Crippen LogP contribution in [0.1, 0.15) is 88.5 Å². The summed E-state index contributed by atoms with van der Waals surface area (Å²) in [7, 11) is 0. The highest BCUT2D eigenvalue weighted by Gasteiger charge is 2.56. The third-order valence-electron chi connectivity index (χ3n) is 9.32. The van der Waals surface area contributed by atoms with Crippen molar-refractivity contribution in [3.63, 3.8) is 0 Å².